The van der Waals surface area contributed by atoms with E-state index >= 15 is 0 Å². The Morgan fingerprint density at radius 1 is 0.375 bits per heavy atom. The van der Waals surface area contributed by atoms with Gasteiger partial charge < -0.3 is 66.6 Å². The molecule has 2 aromatic heterocycles. The number of fused-ring (bicyclic) bond motifs is 15. The first-order valence-corrected chi connectivity index (χ1v) is 52.9. The summed E-state index contributed by atoms with van der Waals surface area (Å²) in [5.74, 6) is 9.45. The maximum absolute atomic E-state index is 8.35. The molecule has 21 nitrogen and oxygen atoms in total. The fourth-order valence-corrected chi connectivity index (χ4v) is 21.2. The van der Waals surface area contributed by atoms with Crippen molar-refractivity contribution in [2.24, 2.45) is 67.3 Å². The molecule has 6 bridgehead atoms. The van der Waals surface area contributed by atoms with Crippen molar-refractivity contribution >= 4 is 155 Å². The minimum atomic E-state index is 0. The number of ether oxygens (including phenoxy) is 8. The predicted octanol–water partition coefficient (Wildman–Crippen LogP) is 24.5. The Balaban J connectivity index is 0.0000185. The van der Waals surface area contributed by atoms with Gasteiger partial charge in [0.1, 0.15) is 65.0 Å². The SMILES string of the molecule is CCN(CC)CCSc1c(Cl)c(OCCC(C)C)c2c3[n-]c(c2c1OCCC(C)C)=NC1=NC(=Nc2c4c(OCCC(C)C)c(Cl)c(SCCN(CC)CC)c(OCCC(C)C)c4c4nc5c6c(OCCC(C)C)c(Cl)c(SCC[N+](C)(CC)CC)c(OCCC(C)C)c6c([n+]-5on24)N=3)c2c(OCCC(C)C)c(SCC[N+](C)(CC)CC)c(Cl)c(OCCC(C)C)c21.[V]. The Morgan fingerprint density at radius 2 is 0.688 bits per heavy atom. The van der Waals surface area contributed by atoms with Gasteiger partial charge in [0, 0.05) is 65.5 Å². The van der Waals surface area contributed by atoms with Crippen LogP contribution in [0.3, 0.4) is 0 Å². The average molecular weight is 1960 g/mol. The summed E-state index contributed by atoms with van der Waals surface area (Å²) in [6.45, 7) is 66.0. The maximum Gasteiger partial charge on any atom is 0.287 e. The zero-order valence-electron chi connectivity index (χ0n) is 81.9. The van der Waals surface area contributed by atoms with Crippen molar-refractivity contribution < 1.29 is 74.8 Å². The van der Waals surface area contributed by atoms with Gasteiger partial charge in [0.2, 0.25) is 5.82 Å². The molecule has 6 aromatic rings. The van der Waals surface area contributed by atoms with Crippen molar-refractivity contribution in [2.75, 3.05) is 168 Å². The van der Waals surface area contributed by atoms with E-state index in [9.17, 15) is 0 Å². The van der Waals surface area contributed by atoms with Crippen molar-refractivity contribution in [1.82, 2.24) is 24.3 Å². The number of halogens is 4. The quantitative estimate of drug-likeness (QED) is 0.0199. The van der Waals surface area contributed by atoms with Crippen molar-refractivity contribution in [3.8, 4) is 51.8 Å². The minimum Gasteiger partial charge on any atom is -0.492 e. The van der Waals surface area contributed by atoms with Crippen LogP contribution >= 0.6 is 93.5 Å². The molecule has 0 atom stereocenters. The fraction of sp³-hybridized carbons (Fsp3) is 0.673. The van der Waals surface area contributed by atoms with E-state index in [4.69, 9.17) is 119 Å². The number of nitrogens with zero attached hydrogens (tertiary/aromatic N) is 12. The van der Waals surface area contributed by atoms with Crippen LogP contribution in [0.2, 0.25) is 20.1 Å². The summed E-state index contributed by atoms with van der Waals surface area (Å²) in [7, 11) is 4.62. The van der Waals surface area contributed by atoms with Gasteiger partial charge in [-0.2, -0.15) is 9.62 Å². The summed E-state index contributed by atoms with van der Waals surface area (Å²) in [5, 5.41) is 4.48. The number of hydrogen-bond acceptors (Lipinski definition) is 20. The topological polar surface area (TPSA) is 178 Å². The summed E-state index contributed by atoms with van der Waals surface area (Å²) in [4.78, 5) is 43.7. The van der Waals surface area contributed by atoms with Crippen LogP contribution in [-0.2, 0) is 18.6 Å². The second-order valence-corrected chi connectivity index (χ2v) is 43.7. The van der Waals surface area contributed by atoms with E-state index in [-0.39, 0.29) is 100 Å². The second kappa shape index (κ2) is 49.8. The summed E-state index contributed by atoms with van der Waals surface area (Å²) < 4.78 is 72.7. The molecule has 4 aromatic carbocycles. The number of amidine groups is 2. The Hall–Kier alpha value is -4.58. The van der Waals surface area contributed by atoms with E-state index in [1.807, 2.05) is 0 Å². The van der Waals surface area contributed by atoms with Crippen molar-refractivity contribution in [3.63, 3.8) is 0 Å². The van der Waals surface area contributed by atoms with Gasteiger partial charge in [0.25, 0.3) is 17.3 Å². The molecular weight excluding hydrogens is 1810 g/mol. The smallest absolute Gasteiger partial charge is 0.287 e. The number of hydrogen-bond donors (Lipinski definition) is 0. The van der Waals surface area contributed by atoms with Crippen LogP contribution in [0.4, 0.5) is 11.6 Å². The van der Waals surface area contributed by atoms with Crippen LogP contribution in [0.25, 0.3) is 43.8 Å². The molecule has 10 rings (SSSR count). The van der Waals surface area contributed by atoms with Crippen LogP contribution in [0, 0.1) is 47.3 Å². The molecule has 128 heavy (non-hydrogen) atoms. The zero-order valence-corrected chi connectivity index (χ0v) is 89.6. The van der Waals surface area contributed by atoms with E-state index in [0.29, 0.717) is 255 Å². The van der Waals surface area contributed by atoms with Crippen molar-refractivity contribution in [1.29, 1.82) is 0 Å². The van der Waals surface area contributed by atoms with Crippen LogP contribution in [0.5, 0.6) is 46.0 Å². The van der Waals surface area contributed by atoms with Crippen LogP contribution in [0.15, 0.2) is 44.2 Å². The average Bonchev–Trinajstić information content (AvgIpc) is 1.53. The molecule has 4 aliphatic heterocycles. The van der Waals surface area contributed by atoms with Gasteiger partial charge >= 0.3 is 0 Å². The zero-order chi connectivity index (χ0) is 92.5. The van der Waals surface area contributed by atoms with Gasteiger partial charge in [-0.3, -0.25) is 0 Å². The molecule has 0 saturated heterocycles. The predicted molar refractivity (Wildman–Crippen MR) is 536 cm³/mol. The van der Waals surface area contributed by atoms with Gasteiger partial charge in [-0.05, 0) is 162 Å². The van der Waals surface area contributed by atoms with Gasteiger partial charge in [0.15, 0.2) is 28.6 Å². The molecular formula is C98H150Cl4N12O9S4V+2. The third-order valence-corrected chi connectivity index (χ3v) is 30.8. The molecule has 0 N–H and O–H groups in total. The molecule has 0 amide bonds. The molecule has 6 heterocycles. The molecule has 0 fully saturated rings. The first-order chi connectivity index (χ1) is 60.7. The minimum absolute atomic E-state index is 0. The van der Waals surface area contributed by atoms with Gasteiger partial charge in [-0.1, -0.05) is 190 Å². The Morgan fingerprint density at radius 3 is 1.09 bits per heavy atom. The van der Waals surface area contributed by atoms with Gasteiger partial charge in [0.05, 0.1) is 154 Å². The standard InChI is InChI=1S/C98H150Cl4N12O9S4.V/c1-27-109(28-2)43-55-124-87-75(99)80(116-48-36-60(11)12)68-69(83(87)119-51-39-63(17)18)92-103-91-67-70(84(120-52-40-64(19)20)88(126-57-45-113(25,31-5)32-6)76(100)79(67)115-47-35-59(9)10)94(104-91)107-95-71-74(86(122-54-42-66(23)24)89(125-56-44-110(29-3)30-4)77(101)81(71)117-49-37-61(13)14)98-108-97-72-73(96(106-93(68)105-92)112(97)123-111(95)98)85(121-53-41-65(21)22)90(127-58-46-114(26,33-7)34-8)78(102)82(72)118-50-38-62(15)16;/h59-66H,27-58H2,1-26H3;/q+2;. The number of thioether (sulfide) groups is 4. The van der Waals surface area contributed by atoms with E-state index in [0.717, 1.165) is 100 Å². The second-order valence-electron chi connectivity index (χ2n) is 37.8. The third kappa shape index (κ3) is 25.8. The molecule has 4 aliphatic rings. The Bertz CT molecular complexity index is 5170. The molecule has 1 radical (unpaired) electrons. The van der Waals surface area contributed by atoms with Crippen LogP contribution in [0.1, 0.15) is 229 Å². The molecule has 0 unspecified atom stereocenters. The summed E-state index contributed by atoms with van der Waals surface area (Å²) >= 11 is 39.9. The van der Waals surface area contributed by atoms with Crippen molar-refractivity contribution in [3.05, 3.63) is 42.2 Å². The van der Waals surface area contributed by atoms with E-state index in [1.165, 1.54) is 0 Å². The largest absolute Gasteiger partial charge is 0.492 e. The summed E-state index contributed by atoms with van der Waals surface area (Å²) in [5.41, 5.74) is 1.68. The first kappa shape index (κ1) is 107. The molecule has 0 spiro atoms. The fourth-order valence-electron chi connectivity index (χ4n) is 14.9. The first-order valence-electron chi connectivity index (χ1n) is 47.5. The number of rotatable bonds is 56. The third-order valence-electron chi connectivity index (χ3n) is 24.7. The van der Waals surface area contributed by atoms with Gasteiger partial charge in [-0.25, -0.2) is 4.99 Å². The Kier molecular flexibility index (Phi) is 41.6. The van der Waals surface area contributed by atoms with Gasteiger partial charge in [-0.15, -0.1) is 52.0 Å². The van der Waals surface area contributed by atoms with E-state index in [1.54, 1.807) is 56.4 Å². The van der Waals surface area contributed by atoms with Crippen LogP contribution in [-0.4, -0.2) is 208 Å². The summed E-state index contributed by atoms with van der Waals surface area (Å²) in [6.07, 6.45) is 5.68. The molecule has 711 valence electrons. The van der Waals surface area contributed by atoms with Crippen LogP contribution < -0.4 is 58.6 Å². The van der Waals surface area contributed by atoms with Crippen molar-refractivity contribution in [2.45, 2.75) is 237 Å². The monoisotopic (exact) mass is 1960 g/mol. The number of quaternary nitrogens is 2. The number of aliphatic imine (C=N–C) groups is 2. The molecule has 30 heteroatoms. The molecule has 0 aliphatic carbocycles. The number of benzene rings is 4. The Labute approximate surface area is 814 Å². The van der Waals surface area contributed by atoms with E-state index < -0.39 is 0 Å². The summed E-state index contributed by atoms with van der Waals surface area (Å²) in [6, 6.07) is 0. The van der Waals surface area contributed by atoms with E-state index in [2.05, 4.69) is 190 Å². The molecule has 0 saturated carbocycles. The maximum atomic E-state index is 8.35. The normalized spacial score (nSPS) is 13.2. The number of aromatic nitrogens is 4.